The first kappa shape index (κ1) is 19.8. The molecule has 0 bridgehead atoms. The standard InChI is InChI=1S/C25H25N3O3/c1-29-23-15-28(16-24(30-2)31-23)18-13-11-17(12-14-18)26-25-19-7-3-5-9-21(19)27-22-10-6-4-8-20(22)25/h3-14,23-24H,15-16H2,1-2H3,(H,26,27). The van der Waals surface area contributed by atoms with E-state index in [0.29, 0.717) is 13.1 Å². The van der Waals surface area contributed by atoms with Crippen LogP contribution in [0.1, 0.15) is 0 Å². The fourth-order valence-electron chi connectivity index (χ4n) is 4.04. The zero-order chi connectivity index (χ0) is 21.2. The number of hydrogen-bond acceptors (Lipinski definition) is 6. The summed E-state index contributed by atoms with van der Waals surface area (Å²) in [4.78, 5) is 7.02. The van der Waals surface area contributed by atoms with Crippen molar-refractivity contribution < 1.29 is 14.2 Å². The lowest BCUT2D eigenvalue weighted by Crippen LogP contribution is -2.49. The van der Waals surface area contributed by atoms with E-state index >= 15 is 0 Å². The maximum absolute atomic E-state index is 5.72. The number of pyridine rings is 1. The van der Waals surface area contributed by atoms with Gasteiger partial charge in [0.1, 0.15) is 0 Å². The number of benzene rings is 3. The minimum Gasteiger partial charge on any atom is -0.361 e. The summed E-state index contributed by atoms with van der Waals surface area (Å²) in [6.07, 6.45) is -0.628. The summed E-state index contributed by atoms with van der Waals surface area (Å²) >= 11 is 0. The third kappa shape index (κ3) is 3.93. The van der Waals surface area contributed by atoms with Gasteiger partial charge in [0.05, 0.1) is 29.8 Å². The molecule has 0 amide bonds. The fourth-order valence-corrected chi connectivity index (χ4v) is 4.04. The number of morpholine rings is 1. The van der Waals surface area contributed by atoms with E-state index in [0.717, 1.165) is 38.9 Å². The number of hydrogen-bond donors (Lipinski definition) is 1. The molecule has 0 radical (unpaired) electrons. The Hall–Kier alpha value is -3.19. The number of rotatable bonds is 5. The second-order valence-corrected chi connectivity index (χ2v) is 7.56. The Morgan fingerprint density at radius 3 is 1.90 bits per heavy atom. The van der Waals surface area contributed by atoms with Gasteiger partial charge < -0.3 is 24.4 Å². The molecule has 158 valence electrons. The maximum atomic E-state index is 5.72. The van der Waals surface area contributed by atoms with Crippen molar-refractivity contribution in [2.24, 2.45) is 0 Å². The van der Waals surface area contributed by atoms with Crippen LogP contribution in [0.15, 0.2) is 72.8 Å². The van der Waals surface area contributed by atoms with E-state index in [1.165, 1.54) is 0 Å². The van der Waals surface area contributed by atoms with Crippen LogP contribution in [0.4, 0.5) is 17.1 Å². The van der Waals surface area contributed by atoms with Crippen LogP contribution in [0.2, 0.25) is 0 Å². The highest BCUT2D eigenvalue weighted by atomic mass is 16.8. The van der Waals surface area contributed by atoms with Crippen molar-refractivity contribution in [3.63, 3.8) is 0 Å². The molecule has 6 nitrogen and oxygen atoms in total. The lowest BCUT2D eigenvalue weighted by Gasteiger charge is -2.37. The van der Waals surface area contributed by atoms with E-state index in [4.69, 9.17) is 19.2 Å². The summed E-state index contributed by atoms with van der Waals surface area (Å²) in [6, 6.07) is 24.9. The molecule has 1 N–H and O–H groups in total. The van der Waals surface area contributed by atoms with Crippen molar-refractivity contribution in [1.29, 1.82) is 0 Å². The molecule has 1 aliphatic rings. The molecule has 4 aromatic rings. The van der Waals surface area contributed by atoms with Crippen molar-refractivity contribution in [1.82, 2.24) is 4.98 Å². The number of fused-ring (bicyclic) bond motifs is 2. The van der Waals surface area contributed by atoms with Gasteiger partial charge in [0.2, 0.25) is 0 Å². The van der Waals surface area contributed by atoms with E-state index < -0.39 is 0 Å². The van der Waals surface area contributed by atoms with Gasteiger partial charge in [-0.1, -0.05) is 36.4 Å². The summed E-state index contributed by atoms with van der Waals surface area (Å²) in [5, 5.41) is 5.83. The molecule has 0 aliphatic carbocycles. The molecule has 1 fully saturated rings. The van der Waals surface area contributed by atoms with Gasteiger partial charge in [0.15, 0.2) is 12.6 Å². The largest absolute Gasteiger partial charge is 0.361 e. The SMILES string of the molecule is COC1CN(c2ccc(Nc3c4ccccc4nc4ccccc34)cc2)CC(OC)O1. The zero-order valence-corrected chi connectivity index (χ0v) is 17.6. The van der Waals surface area contributed by atoms with E-state index in [-0.39, 0.29) is 12.6 Å². The van der Waals surface area contributed by atoms with Crippen molar-refractivity contribution >= 4 is 38.9 Å². The number of methoxy groups -OCH3 is 2. The normalized spacial score (nSPS) is 19.1. The average molecular weight is 415 g/mol. The molecule has 31 heavy (non-hydrogen) atoms. The second-order valence-electron chi connectivity index (χ2n) is 7.56. The number of nitrogens with zero attached hydrogens (tertiary/aromatic N) is 2. The lowest BCUT2D eigenvalue weighted by atomic mass is 10.1. The van der Waals surface area contributed by atoms with Gasteiger partial charge in [-0.15, -0.1) is 0 Å². The van der Waals surface area contributed by atoms with Crippen LogP contribution in [-0.2, 0) is 14.2 Å². The minimum absolute atomic E-state index is 0.314. The highest BCUT2D eigenvalue weighted by Gasteiger charge is 2.27. The topological polar surface area (TPSA) is 55.9 Å². The van der Waals surface area contributed by atoms with Crippen molar-refractivity contribution in [3.05, 3.63) is 72.8 Å². The third-order valence-electron chi connectivity index (χ3n) is 5.66. The lowest BCUT2D eigenvalue weighted by molar-refractivity contribution is -0.235. The molecule has 0 spiro atoms. The predicted octanol–water partition coefficient (Wildman–Crippen LogP) is 4.91. The summed E-state index contributed by atoms with van der Waals surface area (Å²) in [5.74, 6) is 0. The van der Waals surface area contributed by atoms with Crippen LogP contribution < -0.4 is 10.2 Å². The first-order valence-corrected chi connectivity index (χ1v) is 10.4. The molecular formula is C25H25N3O3. The maximum Gasteiger partial charge on any atom is 0.177 e. The molecule has 3 aromatic carbocycles. The van der Waals surface area contributed by atoms with Gasteiger partial charge >= 0.3 is 0 Å². The smallest absolute Gasteiger partial charge is 0.177 e. The van der Waals surface area contributed by atoms with Gasteiger partial charge in [0.25, 0.3) is 0 Å². The number of nitrogens with one attached hydrogen (secondary N) is 1. The Bertz CT molecular complexity index is 1130. The van der Waals surface area contributed by atoms with Crippen LogP contribution in [-0.4, -0.2) is 44.9 Å². The Morgan fingerprint density at radius 1 is 0.806 bits per heavy atom. The number of ether oxygens (including phenoxy) is 3. The van der Waals surface area contributed by atoms with Gasteiger partial charge in [-0.05, 0) is 36.4 Å². The number of para-hydroxylation sites is 2. The molecule has 0 saturated carbocycles. The zero-order valence-electron chi connectivity index (χ0n) is 17.6. The van der Waals surface area contributed by atoms with E-state index in [1.807, 2.05) is 36.4 Å². The van der Waals surface area contributed by atoms with E-state index in [9.17, 15) is 0 Å². The Morgan fingerprint density at radius 2 is 1.35 bits per heavy atom. The molecule has 6 heteroatoms. The monoisotopic (exact) mass is 415 g/mol. The predicted molar refractivity (Wildman–Crippen MR) is 124 cm³/mol. The number of aromatic nitrogens is 1. The number of anilines is 3. The van der Waals surface area contributed by atoms with Crippen molar-refractivity contribution in [3.8, 4) is 0 Å². The summed E-state index contributed by atoms with van der Waals surface area (Å²) in [6.45, 7) is 1.31. The molecule has 1 aromatic heterocycles. The summed E-state index contributed by atoms with van der Waals surface area (Å²) in [5.41, 5.74) is 5.14. The van der Waals surface area contributed by atoms with Crippen molar-refractivity contribution in [2.75, 3.05) is 37.5 Å². The average Bonchev–Trinajstić information content (AvgIpc) is 2.84. The van der Waals surface area contributed by atoms with Crippen LogP contribution >= 0.6 is 0 Å². The molecular weight excluding hydrogens is 390 g/mol. The van der Waals surface area contributed by atoms with E-state index in [1.54, 1.807) is 14.2 Å². The van der Waals surface area contributed by atoms with Crippen LogP contribution in [0.3, 0.4) is 0 Å². The molecule has 2 heterocycles. The highest BCUT2D eigenvalue weighted by Crippen LogP contribution is 2.33. The first-order valence-electron chi connectivity index (χ1n) is 10.4. The molecule has 2 atom stereocenters. The van der Waals surface area contributed by atoms with Gasteiger partial charge in [-0.3, -0.25) is 0 Å². The van der Waals surface area contributed by atoms with Gasteiger partial charge in [0, 0.05) is 36.4 Å². The van der Waals surface area contributed by atoms with Crippen molar-refractivity contribution in [2.45, 2.75) is 12.6 Å². The van der Waals surface area contributed by atoms with Crippen LogP contribution in [0, 0.1) is 0 Å². The second kappa shape index (κ2) is 8.51. The molecule has 1 aliphatic heterocycles. The van der Waals surface area contributed by atoms with Crippen LogP contribution in [0.25, 0.3) is 21.8 Å². The van der Waals surface area contributed by atoms with Gasteiger partial charge in [-0.2, -0.15) is 0 Å². The van der Waals surface area contributed by atoms with Crippen LogP contribution in [0.5, 0.6) is 0 Å². The molecule has 1 saturated heterocycles. The first-order chi connectivity index (χ1) is 15.2. The minimum atomic E-state index is -0.314. The third-order valence-corrected chi connectivity index (χ3v) is 5.66. The van der Waals surface area contributed by atoms with Gasteiger partial charge in [-0.25, -0.2) is 4.98 Å². The highest BCUT2D eigenvalue weighted by molar-refractivity contribution is 6.08. The van der Waals surface area contributed by atoms with E-state index in [2.05, 4.69) is 46.6 Å². The quantitative estimate of drug-likeness (QED) is 0.467. The molecule has 5 rings (SSSR count). The fraction of sp³-hybridized carbons (Fsp3) is 0.240. The molecule has 2 unspecified atom stereocenters. The Kier molecular flexibility index (Phi) is 5.42. The summed E-state index contributed by atoms with van der Waals surface area (Å²) in [7, 11) is 3.30. The summed E-state index contributed by atoms with van der Waals surface area (Å²) < 4.78 is 16.5. The Labute approximate surface area is 181 Å². The Balaban J connectivity index is 1.45.